The van der Waals surface area contributed by atoms with Gasteiger partial charge < -0.3 is 15.1 Å². The van der Waals surface area contributed by atoms with E-state index in [2.05, 4.69) is 28.7 Å². The second kappa shape index (κ2) is 9.98. The standard InChI is InChI=1S/C26H31F2N5/c1-7-15-32(5)23-13-12-22(19-9-8-10-20(16-19)26(3,4)28)31-25(23)33(6)18(2)30-24-14-11-21(27)17-29-24/h8-14,16-17H,2,7,15H2,1,3-6H3,(H,29,30). The van der Waals surface area contributed by atoms with Crippen molar-refractivity contribution in [1.29, 1.82) is 0 Å². The van der Waals surface area contributed by atoms with Gasteiger partial charge in [-0.1, -0.05) is 31.7 Å². The van der Waals surface area contributed by atoms with E-state index in [1.165, 1.54) is 6.07 Å². The maximum atomic E-state index is 14.5. The maximum absolute atomic E-state index is 14.5. The molecular formula is C26H31F2N5. The number of aromatic nitrogens is 2. The van der Waals surface area contributed by atoms with Gasteiger partial charge in [0.1, 0.15) is 23.1 Å². The Bertz CT molecular complexity index is 1110. The number of alkyl halides is 1. The summed E-state index contributed by atoms with van der Waals surface area (Å²) in [4.78, 5) is 12.9. The van der Waals surface area contributed by atoms with E-state index >= 15 is 0 Å². The Labute approximate surface area is 194 Å². The van der Waals surface area contributed by atoms with Crippen LogP contribution >= 0.6 is 0 Å². The molecule has 33 heavy (non-hydrogen) atoms. The highest BCUT2D eigenvalue weighted by Crippen LogP contribution is 2.33. The van der Waals surface area contributed by atoms with Gasteiger partial charge in [-0.3, -0.25) is 0 Å². The molecule has 0 saturated carbocycles. The minimum Gasteiger partial charge on any atom is -0.372 e. The van der Waals surface area contributed by atoms with E-state index in [-0.39, 0.29) is 0 Å². The normalized spacial score (nSPS) is 11.2. The number of pyridine rings is 2. The lowest BCUT2D eigenvalue weighted by atomic mass is 9.97. The Hall–Kier alpha value is -3.48. The molecule has 0 bridgehead atoms. The van der Waals surface area contributed by atoms with Crippen LogP contribution in [0.1, 0.15) is 32.8 Å². The van der Waals surface area contributed by atoms with Gasteiger partial charge in [0.2, 0.25) is 0 Å². The Morgan fingerprint density at radius 1 is 1.12 bits per heavy atom. The molecule has 3 rings (SSSR count). The lowest BCUT2D eigenvalue weighted by Gasteiger charge is -2.28. The number of nitrogens with zero attached hydrogens (tertiary/aromatic N) is 4. The molecule has 0 unspecified atom stereocenters. The van der Waals surface area contributed by atoms with Crippen LogP contribution < -0.4 is 15.1 Å². The van der Waals surface area contributed by atoms with Crippen LogP contribution in [0.15, 0.2) is 67.1 Å². The molecule has 3 aromatic rings. The molecule has 0 spiro atoms. The number of halogens is 2. The monoisotopic (exact) mass is 451 g/mol. The first-order chi connectivity index (χ1) is 15.6. The van der Waals surface area contributed by atoms with Crippen LogP contribution in [0.25, 0.3) is 11.3 Å². The highest BCUT2D eigenvalue weighted by molar-refractivity contribution is 5.74. The Morgan fingerprint density at radius 2 is 1.88 bits per heavy atom. The molecule has 0 saturated heterocycles. The zero-order valence-electron chi connectivity index (χ0n) is 19.9. The van der Waals surface area contributed by atoms with Crippen molar-refractivity contribution < 1.29 is 8.78 Å². The summed E-state index contributed by atoms with van der Waals surface area (Å²) in [7, 11) is 3.87. The maximum Gasteiger partial charge on any atom is 0.158 e. The number of hydrogen-bond donors (Lipinski definition) is 1. The van der Waals surface area contributed by atoms with Gasteiger partial charge in [-0.05, 0) is 56.2 Å². The average Bonchev–Trinajstić information content (AvgIpc) is 2.79. The van der Waals surface area contributed by atoms with Crippen LogP contribution in [0.5, 0.6) is 0 Å². The predicted molar refractivity (Wildman–Crippen MR) is 133 cm³/mol. The van der Waals surface area contributed by atoms with E-state index in [0.29, 0.717) is 23.0 Å². The van der Waals surface area contributed by atoms with Crippen molar-refractivity contribution in [2.24, 2.45) is 0 Å². The van der Waals surface area contributed by atoms with Crippen molar-refractivity contribution in [3.05, 3.63) is 78.5 Å². The minimum absolute atomic E-state index is 0.406. The zero-order chi connectivity index (χ0) is 24.2. The van der Waals surface area contributed by atoms with E-state index < -0.39 is 11.5 Å². The van der Waals surface area contributed by atoms with Gasteiger partial charge in [0.05, 0.1) is 17.6 Å². The fourth-order valence-electron chi connectivity index (χ4n) is 3.46. The Kier molecular flexibility index (Phi) is 7.31. The summed E-state index contributed by atoms with van der Waals surface area (Å²) in [5.41, 5.74) is 1.63. The third-order valence-corrected chi connectivity index (χ3v) is 5.39. The van der Waals surface area contributed by atoms with Gasteiger partial charge in [0, 0.05) is 26.2 Å². The Morgan fingerprint density at radius 3 is 2.52 bits per heavy atom. The van der Waals surface area contributed by atoms with E-state index in [9.17, 15) is 8.78 Å². The summed E-state index contributed by atoms with van der Waals surface area (Å²) in [6.07, 6.45) is 2.13. The third kappa shape index (κ3) is 5.86. The number of benzene rings is 1. The van der Waals surface area contributed by atoms with Crippen molar-refractivity contribution in [2.75, 3.05) is 35.8 Å². The van der Waals surface area contributed by atoms with Crippen molar-refractivity contribution in [3.8, 4) is 11.3 Å². The Balaban J connectivity index is 2.00. The molecule has 174 valence electrons. The van der Waals surface area contributed by atoms with Gasteiger partial charge in [-0.2, -0.15) is 0 Å². The molecule has 0 fully saturated rings. The van der Waals surface area contributed by atoms with Crippen LogP contribution in [0, 0.1) is 5.82 Å². The summed E-state index contributed by atoms with van der Waals surface area (Å²) in [6, 6.07) is 14.2. The van der Waals surface area contributed by atoms with Crippen LogP contribution in [0.4, 0.5) is 26.1 Å². The summed E-state index contributed by atoms with van der Waals surface area (Å²) < 4.78 is 27.7. The molecule has 0 atom stereocenters. The molecule has 5 nitrogen and oxygen atoms in total. The lowest BCUT2D eigenvalue weighted by Crippen LogP contribution is -2.27. The number of rotatable bonds is 9. The van der Waals surface area contributed by atoms with Gasteiger partial charge in [-0.15, -0.1) is 0 Å². The van der Waals surface area contributed by atoms with Crippen molar-refractivity contribution in [1.82, 2.24) is 9.97 Å². The molecule has 1 N–H and O–H groups in total. The molecule has 0 amide bonds. The SMILES string of the molecule is C=C(Nc1ccc(F)cn1)N(C)c1nc(-c2cccc(C(C)(C)F)c2)ccc1N(C)CCC. The van der Waals surface area contributed by atoms with E-state index in [4.69, 9.17) is 4.98 Å². The van der Waals surface area contributed by atoms with Gasteiger partial charge >= 0.3 is 0 Å². The summed E-state index contributed by atoms with van der Waals surface area (Å²) >= 11 is 0. The van der Waals surface area contributed by atoms with E-state index in [0.717, 1.165) is 36.1 Å². The second-order valence-electron chi connectivity index (χ2n) is 8.51. The highest BCUT2D eigenvalue weighted by Gasteiger charge is 2.21. The first-order valence-electron chi connectivity index (χ1n) is 10.9. The second-order valence-corrected chi connectivity index (χ2v) is 8.51. The average molecular weight is 452 g/mol. The number of nitrogens with one attached hydrogen (secondary N) is 1. The van der Waals surface area contributed by atoms with Crippen molar-refractivity contribution in [2.45, 2.75) is 32.9 Å². The highest BCUT2D eigenvalue weighted by atomic mass is 19.1. The van der Waals surface area contributed by atoms with Crippen LogP contribution in [0.2, 0.25) is 0 Å². The first-order valence-corrected chi connectivity index (χ1v) is 10.9. The largest absolute Gasteiger partial charge is 0.372 e. The number of anilines is 3. The smallest absolute Gasteiger partial charge is 0.158 e. The minimum atomic E-state index is -1.45. The summed E-state index contributed by atoms with van der Waals surface area (Å²) in [6.45, 7) is 10.2. The molecule has 0 radical (unpaired) electrons. The molecule has 0 aliphatic rings. The van der Waals surface area contributed by atoms with Gasteiger partial charge in [0.25, 0.3) is 0 Å². The quantitative estimate of drug-likeness (QED) is 0.410. The molecule has 7 heteroatoms. The molecular weight excluding hydrogens is 420 g/mol. The van der Waals surface area contributed by atoms with E-state index in [1.807, 2.05) is 49.3 Å². The van der Waals surface area contributed by atoms with E-state index in [1.54, 1.807) is 26.0 Å². The fraction of sp³-hybridized carbons (Fsp3) is 0.308. The molecule has 0 aliphatic carbocycles. The van der Waals surface area contributed by atoms with Gasteiger partial charge in [-0.25, -0.2) is 18.7 Å². The first kappa shape index (κ1) is 24.2. The molecule has 2 heterocycles. The van der Waals surface area contributed by atoms with Crippen molar-refractivity contribution >= 4 is 17.3 Å². The number of hydrogen-bond acceptors (Lipinski definition) is 5. The summed E-state index contributed by atoms with van der Waals surface area (Å²) in [5.74, 6) is 1.29. The van der Waals surface area contributed by atoms with Crippen LogP contribution in [-0.4, -0.2) is 30.6 Å². The van der Waals surface area contributed by atoms with Gasteiger partial charge in [0.15, 0.2) is 5.82 Å². The fourth-order valence-corrected chi connectivity index (χ4v) is 3.46. The molecule has 1 aromatic carbocycles. The van der Waals surface area contributed by atoms with Crippen molar-refractivity contribution in [3.63, 3.8) is 0 Å². The predicted octanol–water partition coefficient (Wildman–Crippen LogP) is 6.35. The summed E-state index contributed by atoms with van der Waals surface area (Å²) in [5, 5.41) is 3.10. The zero-order valence-corrected chi connectivity index (χ0v) is 19.9. The topological polar surface area (TPSA) is 44.3 Å². The third-order valence-electron chi connectivity index (χ3n) is 5.39. The molecule has 2 aromatic heterocycles. The molecule has 0 aliphatic heterocycles. The lowest BCUT2D eigenvalue weighted by molar-refractivity contribution is 0.221. The van der Waals surface area contributed by atoms with Crippen LogP contribution in [0.3, 0.4) is 0 Å². The van der Waals surface area contributed by atoms with Crippen LogP contribution in [-0.2, 0) is 5.67 Å².